The third-order valence-corrected chi connectivity index (χ3v) is 6.52. The number of hydrogen-bond acceptors (Lipinski definition) is 4. The summed E-state index contributed by atoms with van der Waals surface area (Å²) in [6.07, 6.45) is -2.55. The molecule has 0 aliphatic carbocycles. The molecular weight excluding hydrogens is 473 g/mol. The van der Waals surface area contributed by atoms with Crippen LogP contribution in [0.15, 0.2) is 53.3 Å². The number of amides is 2. The molecule has 1 aliphatic heterocycles. The van der Waals surface area contributed by atoms with E-state index in [0.29, 0.717) is 27.9 Å². The largest absolute Gasteiger partial charge is 0.327 e. The lowest BCUT2D eigenvalue weighted by molar-refractivity contribution is -0.142. The fourth-order valence-electron chi connectivity index (χ4n) is 4.32. The van der Waals surface area contributed by atoms with Gasteiger partial charge in [-0.2, -0.15) is 5.10 Å². The molecule has 7 nitrogen and oxygen atoms in total. The first-order chi connectivity index (χ1) is 17.2. The Hall–Kier alpha value is -3.95. The Morgan fingerprint density at radius 3 is 2.44 bits per heavy atom. The summed E-state index contributed by atoms with van der Waals surface area (Å²) in [5.41, 5.74) is 2.18. The Kier molecular flexibility index (Phi) is 7.23. The third kappa shape index (κ3) is 5.02. The Balaban J connectivity index is 1.52. The van der Waals surface area contributed by atoms with Gasteiger partial charge >= 0.3 is 0 Å². The van der Waals surface area contributed by atoms with Crippen LogP contribution in [0.25, 0.3) is 0 Å². The van der Waals surface area contributed by atoms with E-state index in [1.807, 2.05) is 0 Å². The van der Waals surface area contributed by atoms with E-state index in [0.717, 1.165) is 11.0 Å². The van der Waals surface area contributed by atoms with Crippen molar-refractivity contribution < 1.29 is 22.8 Å². The molecule has 1 unspecified atom stereocenters. The molecule has 0 bridgehead atoms. The van der Waals surface area contributed by atoms with E-state index >= 15 is 0 Å². The Morgan fingerprint density at radius 1 is 1.06 bits per heavy atom. The number of aromatic nitrogens is 2. The molecule has 188 valence electrons. The number of halogens is 3. The number of nitrogens with zero attached hydrogens (tertiary/aromatic N) is 3. The predicted octanol–water partition coefficient (Wildman–Crippen LogP) is 3.41. The summed E-state index contributed by atoms with van der Waals surface area (Å²) in [6.45, 7) is 2.89. The van der Waals surface area contributed by atoms with Crippen LogP contribution in [0.2, 0.25) is 0 Å². The van der Waals surface area contributed by atoms with Gasteiger partial charge in [0.15, 0.2) is 0 Å². The van der Waals surface area contributed by atoms with Gasteiger partial charge in [-0.25, -0.2) is 18.3 Å². The van der Waals surface area contributed by atoms with E-state index in [-0.39, 0.29) is 30.6 Å². The predicted molar refractivity (Wildman–Crippen MR) is 126 cm³/mol. The number of H-pyrrole nitrogens is 1. The molecule has 1 fully saturated rings. The molecule has 0 radical (unpaired) electrons. The van der Waals surface area contributed by atoms with Crippen molar-refractivity contribution in [3.8, 4) is 0 Å². The summed E-state index contributed by atoms with van der Waals surface area (Å²) in [5, 5.41) is 6.47. The van der Waals surface area contributed by atoms with Gasteiger partial charge in [-0.15, -0.1) is 0 Å². The highest BCUT2D eigenvalue weighted by Crippen LogP contribution is 2.29. The number of benzene rings is 2. The van der Waals surface area contributed by atoms with Crippen molar-refractivity contribution in [3.63, 3.8) is 0 Å². The number of aromatic amines is 1. The molecule has 1 N–H and O–H groups in total. The van der Waals surface area contributed by atoms with Crippen LogP contribution >= 0.6 is 0 Å². The zero-order chi connectivity index (χ0) is 26.0. The average Bonchev–Trinajstić information content (AvgIpc) is 2.86. The van der Waals surface area contributed by atoms with Crippen LogP contribution in [0.3, 0.4) is 0 Å². The number of piperazine rings is 1. The van der Waals surface area contributed by atoms with Crippen molar-refractivity contribution in [2.75, 3.05) is 19.6 Å². The van der Waals surface area contributed by atoms with Gasteiger partial charge in [0.05, 0.1) is 11.3 Å². The standard InChI is InChI=1S/C26H25F3N4O3/c1-15-16(2)25(35)31-30-21(15)13-17-8-9-20(27)19(12-17)26(36)32-10-11-33(22(34)14-32)23(24(28)29)18-6-4-3-5-7-18/h3-9,12,23-24H,10-11,13-14H2,1-2H3,(H,31,35). The zero-order valence-electron chi connectivity index (χ0n) is 19.8. The summed E-state index contributed by atoms with van der Waals surface area (Å²) in [5.74, 6) is -2.09. The van der Waals surface area contributed by atoms with Crippen LogP contribution < -0.4 is 5.56 Å². The van der Waals surface area contributed by atoms with E-state index < -0.39 is 36.6 Å². The Morgan fingerprint density at radius 2 is 1.78 bits per heavy atom. The molecule has 2 heterocycles. The summed E-state index contributed by atoms with van der Waals surface area (Å²) in [7, 11) is 0. The maximum absolute atomic E-state index is 14.6. The topological polar surface area (TPSA) is 86.4 Å². The lowest BCUT2D eigenvalue weighted by Crippen LogP contribution is -2.54. The second-order valence-electron chi connectivity index (χ2n) is 8.74. The first-order valence-electron chi connectivity index (χ1n) is 11.4. The number of alkyl halides is 2. The van der Waals surface area contributed by atoms with Gasteiger partial charge in [-0.05, 0) is 42.7 Å². The third-order valence-electron chi connectivity index (χ3n) is 6.52. The first kappa shape index (κ1) is 25.2. The van der Waals surface area contributed by atoms with Crippen LogP contribution in [-0.4, -0.2) is 57.9 Å². The van der Waals surface area contributed by atoms with Crippen molar-refractivity contribution >= 4 is 11.8 Å². The number of rotatable bonds is 6. The van der Waals surface area contributed by atoms with E-state index in [9.17, 15) is 27.6 Å². The van der Waals surface area contributed by atoms with Crippen molar-refractivity contribution in [2.45, 2.75) is 32.7 Å². The smallest absolute Gasteiger partial charge is 0.267 e. The molecule has 1 atom stereocenters. The van der Waals surface area contributed by atoms with Gasteiger partial charge in [-0.3, -0.25) is 14.4 Å². The molecule has 0 spiro atoms. The zero-order valence-corrected chi connectivity index (χ0v) is 19.8. The maximum atomic E-state index is 14.6. The highest BCUT2D eigenvalue weighted by atomic mass is 19.3. The molecule has 10 heteroatoms. The second kappa shape index (κ2) is 10.3. The van der Waals surface area contributed by atoms with Crippen LogP contribution in [0.5, 0.6) is 0 Å². The van der Waals surface area contributed by atoms with Gasteiger partial charge < -0.3 is 9.80 Å². The molecule has 4 rings (SSSR count). The minimum Gasteiger partial charge on any atom is -0.327 e. The molecule has 0 saturated carbocycles. The summed E-state index contributed by atoms with van der Waals surface area (Å²) < 4.78 is 42.4. The van der Waals surface area contributed by atoms with Crippen LogP contribution in [-0.2, 0) is 11.2 Å². The minimum atomic E-state index is -2.80. The number of nitrogens with one attached hydrogen (secondary N) is 1. The molecule has 2 amide bonds. The molecule has 1 aromatic heterocycles. The lowest BCUT2D eigenvalue weighted by atomic mass is 10.0. The second-order valence-corrected chi connectivity index (χ2v) is 8.74. The molecule has 2 aromatic carbocycles. The maximum Gasteiger partial charge on any atom is 0.267 e. The van der Waals surface area contributed by atoms with Gasteiger partial charge in [0.25, 0.3) is 17.9 Å². The van der Waals surface area contributed by atoms with E-state index in [1.54, 1.807) is 32.0 Å². The van der Waals surface area contributed by atoms with Crippen molar-refractivity contribution in [3.05, 3.63) is 98.2 Å². The molecule has 36 heavy (non-hydrogen) atoms. The van der Waals surface area contributed by atoms with Crippen molar-refractivity contribution in [2.24, 2.45) is 0 Å². The normalized spacial score (nSPS) is 14.9. The lowest BCUT2D eigenvalue weighted by Gasteiger charge is -2.39. The van der Waals surface area contributed by atoms with Gasteiger partial charge in [0.1, 0.15) is 18.4 Å². The Labute approximate surface area is 205 Å². The summed E-state index contributed by atoms with van der Waals surface area (Å²) in [6, 6.07) is 10.6. The van der Waals surface area contributed by atoms with Crippen molar-refractivity contribution in [1.29, 1.82) is 0 Å². The monoisotopic (exact) mass is 498 g/mol. The van der Waals surface area contributed by atoms with Crippen LogP contribution in [0.1, 0.15) is 44.3 Å². The fourth-order valence-corrected chi connectivity index (χ4v) is 4.32. The van der Waals surface area contributed by atoms with E-state index in [2.05, 4.69) is 10.2 Å². The number of carbonyl (C=O) groups excluding carboxylic acids is 2. The Bertz CT molecular complexity index is 1340. The van der Waals surface area contributed by atoms with Gasteiger partial charge in [0.2, 0.25) is 5.91 Å². The SMILES string of the molecule is Cc1c(Cc2ccc(F)c(C(=O)N3CCN(C(c4ccccc4)C(F)F)C(=O)C3)c2)n[nH]c(=O)c1C. The van der Waals surface area contributed by atoms with Gasteiger partial charge in [0, 0.05) is 25.1 Å². The number of hydrogen-bond donors (Lipinski definition) is 1. The summed E-state index contributed by atoms with van der Waals surface area (Å²) >= 11 is 0. The molecule has 1 aliphatic rings. The minimum absolute atomic E-state index is 0.00985. The van der Waals surface area contributed by atoms with E-state index in [1.165, 1.54) is 29.2 Å². The van der Waals surface area contributed by atoms with Crippen LogP contribution in [0, 0.1) is 19.7 Å². The molecule has 3 aromatic rings. The fraction of sp³-hybridized carbons (Fsp3) is 0.308. The highest BCUT2D eigenvalue weighted by Gasteiger charge is 2.37. The highest BCUT2D eigenvalue weighted by molar-refractivity contribution is 5.97. The van der Waals surface area contributed by atoms with E-state index in [4.69, 9.17) is 0 Å². The first-order valence-corrected chi connectivity index (χ1v) is 11.4. The number of carbonyl (C=O) groups is 2. The summed E-state index contributed by atoms with van der Waals surface area (Å²) in [4.78, 5) is 39.9. The molecule has 1 saturated heterocycles. The average molecular weight is 499 g/mol. The molecular formula is C26H25F3N4O3. The quantitative estimate of drug-likeness (QED) is 0.565. The van der Waals surface area contributed by atoms with Crippen LogP contribution in [0.4, 0.5) is 13.2 Å². The van der Waals surface area contributed by atoms with Gasteiger partial charge in [-0.1, -0.05) is 36.4 Å². The van der Waals surface area contributed by atoms with Crippen molar-refractivity contribution in [1.82, 2.24) is 20.0 Å².